The van der Waals surface area contributed by atoms with Crippen LogP contribution in [0.15, 0.2) is 0 Å². The molecule has 40 heavy (non-hydrogen) atoms. The zero-order valence-corrected chi connectivity index (χ0v) is 23.9. The van der Waals surface area contributed by atoms with Crippen molar-refractivity contribution in [3.8, 4) is 0 Å². The monoisotopic (exact) mass is 681 g/mol. The molecule has 1 heterocycles. The van der Waals surface area contributed by atoms with Crippen molar-refractivity contribution in [3.63, 3.8) is 0 Å². The molecule has 0 aliphatic carbocycles. The normalized spacial score (nSPS) is 20.7. The Morgan fingerprint density at radius 2 is 0.975 bits per heavy atom. The average Bonchev–Trinajstić information content (AvgIpc) is 2.73. The molecule has 0 bridgehead atoms. The van der Waals surface area contributed by atoms with Crippen LogP contribution in [0.25, 0.3) is 0 Å². The van der Waals surface area contributed by atoms with E-state index in [2.05, 4.69) is 25.4 Å². The minimum atomic E-state index is -6.06. The van der Waals surface area contributed by atoms with Gasteiger partial charge in [-0.05, 0) is 54.4 Å². The molecule has 0 aromatic carbocycles. The van der Waals surface area contributed by atoms with Gasteiger partial charge in [-0.2, -0.15) is 57.7 Å². The van der Waals surface area contributed by atoms with E-state index in [1.165, 1.54) is 0 Å². The highest BCUT2D eigenvalue weighted by Gasteiger charge is 2.71. The van der Waals surface area contributed by atoms with Gasteiger partial charge in [-0.15, -0.1) is 0 Å². The third-order valence-corrected chi connectivity index (χ3v) is 8.20. The van der Waals surface area contributed by atoms with Crippen molar-refractivity contribution in [3.05, 3.63) is 0 Å². The van der Waals surface area contributed by atoms with Gasteiger partial charge >= 0.3 is 24.7 Å². The number of piperidine rings is 1. The number of alkyl halides is 13. The van der Waals surface area contributed by atoms with E-state index in [4.69, 9.17) is 4.74 Å². The maximum Gasteiger partial charge on any atom is 0.426 e. The van der Waals surface area contributed by atoms with Gasteiger partial charge < -0.3 is 19.4 Å². The van der Waals surface area contributed by atoms with Crippen molar-refractivity contribution >= 4 is 15.9 Å². The topological polar surface area (TPSA) is 51.2 Å². The van der Waals surface area contributed by atoms with E-state index < -0.39 is 83.7 Å². The van der Waals surface area contributed by atoms with Crippen molar-refractivity contribution in [2.45, 2.75) is 107 Å². The molecule has 0 spiro atoms. The summed E-state index contributed by atoms with van der Waals surface area (Å²) in [5.41, 5.74) is -14.0. The van der Waals surface area contributed by atoms with Crippen molar-refractivity contribution in [1.29, 1.82) is 0 Å². The lowest BCUT2D eigenvalue weighted by Crippen LogP contribution is -2.61. The first-order valence-electron chi connectivity index (χ1n) is 11.6. The van der Waals surface area contributed by atoms with E-state index in [0.717, 1.165) is 5.06 Å². The van der Waals surface area contributed by atoms with Gasteiger partial charge in [0, 0.05) is 16.4 Å². The number of hydrogen-bond acceptors (Lipinski definition) is 5. The summed E-state index contributed by atoms with van der Waals surface area (Å²) < 4.78 is 175. The second-order valence-corrected chi connectivity index (χ2v) is 12.1. The summed E-state index contributed by atoms with van der Waals surface area (Å²) >= 11 is 2.78. The Hall–Kier alpha value is -0.560. The van der Waals surface area contributed by atoms with Crippen LogP contribution in [-0.4, -0.2) is 88.5 Å². The molecule has 1 fully saturated rings. The first-order valence-corrected chi connectivity index (χ1v) is 12.8. The summed E-state index contributed by atoms with van der Waals surface area (Å²) in [4.78, 5) is 0. The molecule has 5 nitrogen and oxygen atoms in total. The van der Waals surface area contributed by atoms with Crippen LogP contribution in [0.5, 0.6) is 0 Å². The lowest BCUT2D eigenvalue weighted by molar-refractivity contribution is -0.388. The molecule has 0 atom stereocenters. The van der Waals surface area contributed by atoms with Gasteiger partial charge in [0.2, 0.25) is 0 Å². The molecule has 1 rings (SSSR count). The maximum absolute atomic E-state index is 13.4. The molecular weight excluding hydrogens is 650 g/mol. The highest BCUT2D eigenvalue weighted by molar-refractivity contribution is 9.09. The molecule has 18 heteroatoms. The summed E-state index contributed by atoms with van der Waals surface area (Å²) in [6, 6.07) is 0. The molecule has 0 unspecified atom stereocenters. The fourth-order valence-corrected chi connectivity index (χ4v) is 4.56. The quantitative estimate of drug-likeness (QED) is 0.190. The first kappa shape index (κ1) is 37.5. The number of ether oxygens (including phenoxy) is 3. The van der Waals surface area contributed by atoms with Gasteiger partial charge in [0.1, 0.15) is 0 Å². The minimum absolute atomic E-state index is 0.0403. The minimum Gasteiger partial charge on any atom is -0.377 e. The van der Waals surface area contributed by atoms with Crippen LogP contribution in [0, 0.1) is 5.41 Å². The van der Waals surface area contributed by atoms with Crippen LogP contribution in [0.4, 0.5) is 52.7 Å². The van der Waals surface area contributed by atoms with Crippen molar-refractivity contribution in [2.75, 3.05) is 25.2 Å². The molecule has 0 saturated carbocycles. The highest BCUT2D eigenvalue weighted by Crippen LogP contribution is 2.49. The molecule has 0 aromatic heterocycles. The molecular formula is C22H32BrF12NO4. The Kier molecular flexibility index (Phi) is 10.8. The van der Waals surface area contributed by atoms with Crippen LogP contribution < -0.4 is 0 Å². The summed E-state index contributed by atoms with van der Waals surface area (Å²) in [7, 11) is 0. The predicted octanol–water partition coefficient (Wildman–Crippen LogP) is 7.59. The fraction of sp³-hybridized carbons (Fsp3) is 1.00. The van der Waals surface area contributed by atoms with Gasteiger partial charge in [0.25, 0.3) is 11.2 Å². The molecule has 1 N–H and O–H groups in total. The lowest BCUT2D eigenvalue weighted by Gasteiger charge is -2.51. The van der Waals surface area contributed by atoms with Crippen LogP contribution in [0.1, 0.15) is 54.4 Å². The molecule has 0 amide bonds. The smallest absolute Gasteiger partial charge is 0.377 e. The van der Waals surface area contributed by atoms with Crippen LogP contribution >= 0.6 is 15.9 Å². The predicted molar refractivity (Wildman–Crippen MR) is 120 cm³/mol. The molecule has 0 aromatic rings. The van der Waals surface area contributed by atoms with Crippen LogP contribution in [0.3, 0.4) is 0 Å². The van der Waals surface area contributed by atoms with Gasteiger partial charge in [0.15, 0.2) is 0 Å². The SMILES string of the molecule is CC1(C)CC(OCC(CBr)(COC(C)(C(F)(F)F)C(F)(F)F)COC(C)(C(F)(F)F)C(F)(F)F)CC(C)(C)N1O. The van der Waals surface area contributed by atoms with Gasteiger partial charge in [-0.25, -0.2) is 0 Å². The van der Waals surface area contributed by atoms with E-state index in [-0.39, 0.29) is 26.7 Å². The highest BCUT2D eigenvalue weighted by atomic mass is 79.9. The van der Waals surface area contributed by atoms with Gasteiger partial charge in [-0.1, -0.05) is 15.9 Å². The van der Waals surface area contributed by atoms with Crippen molar-refractivity contribution in [1.82, 2.24) is 5.06 Å². The number of rotatable bonds is 10. The van der Waals surface area contributed by atoms with Crippen LogP contribution in [-0.2, 0) is 14.2 Å². The second-order valence-electron chi connectivity index (χ2n) is 11.5. The van der Waals surface area contributed by atoms with E-state index in [0.29, 0.717) is 0 Å². The number of hydrogen-bond donors (Lipinski definition) is 1. The van der Waals surface area contributed by atoms with E-state index >= 15 is 0 Å². The van der Waals surface area contributed by atoms with E-state index in [9.17, 15) is 57.9 Å². The summed E-state index contributed by atoms with van der Waals surface area (Å²) in [5, 5.41) is 10.7. The Balaban J connectivity index is 3.46. The van der Waals surface area contributed by atoms with Crippen molar-refractivity contribution < 1.29 is 72.1 Å². The zero-order chi connectivity index (χ0) is 32.0. The van der Waals surface area contributed by atoms with Crippen LogP contribution in [0.2, 0.25) is 0 Å². The van der Waals surface area contributed by atoms with E-state index in [1.807, 2.05) is 0 Å². The molecule has 1 aliphatic heterocycles. The molecule has 240 valence electrons. The number of halogens is 13. The molecule has 1 aliphatic rings. The Bertz CT molecular complexity index is 767. The fourth-order valence-electron chi connectivity index (χ4n) is 4.08. The van der Waals surface area contributed by atoms with Gasteiger partial charge in [-0.3, -0.25) is 0 Å². The van der Waals surface area contributed by atoms with E-state index in [1.54, 1.807) is 27.7 Å². The third kappa shape index (κ3) is 7.68. The zero-order valence-electron chi connectivity index (χ0n) is 22.4. The van der Waals surface area contributed by atoms with Gasteiger partial charge in [0.05, 0.1) is 31.3 Å². The largest absolute Gasteiger partial charge is 0.426 e. The second kappa shape index (κ2) is 11.5. The summed E-state index contributed by atoms with van der Waals surface area (Å²) in [6.45, 7) is 1.36. The number of hydroxylamine groups is 2. The summed E-state index contributed by atoms with van der Waals surface area (Å²) in [5.74, 6) is 0. The Morgan fingerprint density at radius 1 is 0.675 bits per heavy atom. The molecule has 0 radical (unpaired) electrons. The standard InChI is InChI=1S/C22H32BrF12NO4/c1-14(2)7-13(8-15(3,4)36(14)37)38-10-18(9-23,11-39-16(5,19(24,25)26)20(27,28)29)12-40-17(6,21(30,31)32)22(33,34)35/h13,37H,7-12H2,1-6H3. The Morgan fingerprint density at radius 3 is 1.23 bits per heavy atom. The maximum atomic E-state index is 13.4. The average molecular weight is 682 g/mol. The lowest BCUT2D eigenvalue weighted by atomic mass is 9.80. The van der Waals surface area contributed by atoms with Crippen molar-refractivity contribution in [2.24, 2.45) is 5.41 Å². The number of nitrogens with zero attached hydrogens (tertiary/aromatic N) is 1. The molecule has 1 saturated heterocycles. The third-order valence-electron chi connectivity index (χ3n) is 7.01. The Labute approximate surface area is 231 Å². The summed E-state index contributed by atoms with van der Waals surface area (Å²) in [6.07, 6.45) is -25.0. The first-order chi connectivity index (χ1) is 17.4.